The number of nitrogens with one attached hydrogen (secondary N) is 2. The van der Waals surface area contributed by atoms with Crippen molar-refractivity contribution in [2.24, 2.45) is 4.99 Å². The third-order valence-electron chi connectivity index (χ3n) is 4.55. The molecular formula is C22H30N6O3S2. The molecule has 0 spiro atoms. The lowest BCUT2D eigenvalue weighted by atomic mass is 10.2. The molecule has 0 bridgehead atoms. The monoisotopic (exact) mass is 490 g/mol. The minimum Gasteiger partial charge on any atom is -0.475 e. The second-order valence-electron chi connectivity index (χ2n) is 6.98. The van der Waals surface area contributed by atoms with Crippen LogP contribution in [0.3, 0.4) is 0 Å². The Kier molecular flexibility index (Phi) is 10.8. The standard InChI is InChI=1S/C18H20N4O3S2.C4H10N2/c1-12-13(4-5-16(20-12)25-9-8-24-7-6-23-3)17-21-14(10-26-17)15-11-27-18(19-2)22-15;1-2-5-4-6-3-1/h4-5,10-11H,2,6-9H2,1,3H3;5-6H,1-4H2. The number of pyridine rings is 1. The largest absolute Gasteiger partial charge is 0.475 e. The summed E-state index contributed by atoms with van der Waals surface area (Å²) in [6.07, 6.45) is 1.28. The van der Waals surface area contributed by atoms with Crippen molar-refractivity contribution < 1.29 is 14.2 Å². The Bertz CT molecular complexity index is 979. The minimum absolute atomic E-state index is 0.445. The van der Waals surface area contributed by atoms with Gasteiger partial charge in [-0.3, -0.25) is 0 Å². The highest BCUT2D eigenvalue weighted by Crippen LogP contribution is 2.32. The van der Waals surface area contributed by atoms with Gasteiger partial charge in [-0.2, -0.15) is 0 Å². The molecule has 1 saturated heterocycles. The Morgan fingerprint density at radius 1 is 1.00 bits per heavy atom. The van der Waals surface area contributed by atoms with Crippen LogP contribution in [0.5, 0.6) is 5.88 Å². The fraction of sp³-hybridized carbons (Fsp3) is 0.455. The van der Waals surface area contributed by atoms with Crippen LogP contribution in [0.25, 0.3) is 22.0 Å². The zero-order valence-corrected chi connectivity index (χ0v) is 20.6. The van der Waals surface area contributed by atoms with Crippen LogP contribution in [0.15, 0.2) is 27.9 Å². The van der Waals surface area contributed by atoms with Crippen molar-refractivity contribution in [1.82, 2.24) is 25.6 Å². The predicted molar refractivity (Wildman–Crippen MR) is 134 cm³/mol. The molecule has 33 heavy (non-hydrogen) atoms. The Morgan fingerprint density at radius 2 is 1.76 bits per heavy atom. The summed E-state index contributed by atoms with van der Waals surface area (Å²) >= 11 is 3.00. The van der Waals surface area contributed by atoms with Crippen molar-refractivity contribution in [1.29, 1.82) is 0 Å². The van der Waals surface area contributed by atoms with Crippen LogP contribution in [0.2, 0.25) is 0 Å². The second kappa shape index (κ2) is 14.1. The molecule has 4 rings (SSSR count). The van der Waals surface area contributed by atoms with Gasteiger partial charge in [-0.25, -0.2) is 19.9 Å². The van der Waals surface area contributed by atoms with Gasteiger partial charge in [0.2, 0.25) is 11.0 Å². The van der Waals surface area contributed by atoms with E-state index in [-0.39, 0.29) is 0 Å². The second-order valence-corrected chi connectivity index (χ2v) is 8.67. The number of aryl methyl sites for hydroxylation is 1. The molecule has 2 N–H and O–H groups in total. The summed E-state index contributed by atoms with van der Waals surface area (Å²) in [6.45, 7) is 10.9. The van der Waals surface area contributed by atoms with Gasteiger partial charge in [-0.15, -0.1) is 22.7 Å². The summed E-state index contributed by atoms with van der Waals surface area (Å²) in [5.41, 5.74) is 3.48. The van der Waals surface area contributed by atoms with E-state index in [1.165, 1.54) is 30.8 Å². The van der Waals surface area contributed by atoms with Gasteiger partial charge in [0.05, 0.1) is 25.5 Å². The summed E-state index contributed by atoms with van der Waals surface area (Å²) in [4.78, 5) is 17.4. The first kappa shape index (κ1) is 25.3. The topological polar surface area (TPSA) is 103 Å². The van der Waals surface area contributed by atoms with Crippen molar-refractivity contribution in [3.05, 3.63) is 28.6 Å². The van der Waals surface area contributed by atoms with Crippen LogP contribution in [-0.4, -0.2) is 75.0 Å². The first-order chi connectivity index (χ1) is 16.2. The number of aromatic nitrogens is 3. The van der Waals surface area contributed by atoms with E-state index in [0.717, 1.165) is 34.3 Å². The number of thiazole rings is 2. The highest BCUT2D eigenvalue weighted by atomic mass is 32.1. The molecule has 1 fully saturated rings. The van der Waals surface area contributed by atoms with Gasteiger partial charge in [0.25, 0.3) is 0 Å². The summed E-state index contributed by atoms with van der Waals surface area (Å²) < 4.78 is 15.9. The van der Waals surface area contributed by atoms with Gasteiger partial charge in [-0.1, -0.05) is 0 Å². The summed E-state index contributed by atoms with van der Waals surface area (Å²) in [6, 6.07) is 3.82. The molecule has 178 valence electrons. The van der Waals surface area contributed by atoms with Gasteiger partial charge in [0.1, 0.15) is 23.0 Å². The van der Waals surface area contributed by atoms with Crippen molar-refractivity contribution in [2.75, 3.05) is 53.3 Å². The van der Waals surface area contributed by atoms with Gasteiger partial charge in [0.15, 0.2) is 0 Å². The fourth-order valence-electron chi connectivity index (χ4n) is 2.87. The van der Waals surface area contributed by atoms with Gasteiger partial charge >= 0.3 is 0 Å². The molecular weight excluding hydrogens is 460 g/mol. The number of hydrogen-bond donors (Lipinski definition) is 2. The maximum atomic E-state index is 5.63. The molecule has 1 aliphatic rings. The van der Waals surface area contributed by atoms with E-state index in [0.29, 0.717) is 37.4 Å². The molecule has 4 heterocycles. The maximum Gasteiger partial charge on any atom is 0.213 e. The summed E-state index contributed by atoms with van der Waals surface area (Å²) in [5, 5.41) is 11.8. The van der Waals surface area contributed by atoms with Crippen molar-refractivity contribution in [2.45, 2.75) is 13.3 Å². The van der Waals surface area contributed by atoms with Crippen LogP contribution in [0.4, 0.5) is 5.13 Å². The maximum absolute atomic E-state index is 5.63. The highest BCUT2D eigenvalue weighted by molar-refractivity contribution is 7.14. The number of methoxy groups -OCH3 is 1. The van der Waals surface area contributed by atoms with E-state index in [2.05, 4.69) is 37.3 Å². The van der Waals surface area contributed by atoms with Gasteiger partial charge < -0.3 is 24.8 Å². The lowest BCUT2D eigenvalue weighted by molar-refractivity contribution is 0.0536. The van der Waals surface area contributed by atoms with Crippen LogP contribution < -0.4 is 15.4 Å². The van der Waals surface area contributed by atoms with E-state index in [1.807, 2.05) is 29.8 Å². The van der Waals surface area contributed by atoms with Crippen LogP contribution >= 0.6 is 22.7 Å². The van der Waals surface area contributed by atoms with Crippen LogP contribution in [-0.2, 0) is 9.47 Å². The zero-order chi connectivity index (χ0) is 23.3. The fourth-order valence-corrected chi connectivity index (χ4v) is 4.37. The SMILES string of the molecule is C1CNCNC1.C=Nc1nc(-c2csc(-c3ccc(OCCOCCOC)nc3C)n2)cs1. The minimum atomic E-state index is 0.445. The quantitative estimate of drug-likeness (QED) is 0.329. The van der Waals surface area contributed by atoms with E-state index in [9.17, 15) is 0 Å². The Labute approximate surface area is 202 Å². The number of hydrogen-bond acceptors (Lipinski definition) is 11. The Balaban J connectivity index is 0.000000442. The third kappa shape index (κ3) is 8.22. The number of rotatable bonds is 10. The zero-order valence-electron chi connectivity index (χ0n) is 19.0. The molecule has 0 aromatic carbocycles. The molecule has 11 heteroatoms. The predicted octanol–water partition coefficient (Wildman–Crippen LogP) is 3.54. The van der Waals surface area contributed by atoms with E-state index in [4.69, 9.17) is 14.2 Å². The molecule has 0 unspecified atom stereocenters. The smallest absolute Gasteiger partial charge is 0.213 e. The lowest BCUT2D eigenvalue weighted by Gasteiger charge is -2.11. The van der Waals surface area contributed by atoms with Gasteiger partial charge in [0, 0.05) is 36.2 Å². The molecule has 3 aromatic rings. The average Bonchev–Trinajstić information content (AvgIpc) is 3.53. The molecule has 1 aliphatic heterocycles. The third-order valence-corrected chi connectivity index (χ3v) is 6.20. The molecule has 0 saturated carbocycles. The normalized spacial score (nSPS) is 13.3. The van der Waals surface area contributed by atoms with Crippen molar-refractivity contribution >= 4 is 34.5 Å². The van der Waals surface area contributed by atoms with Crippen molar-refractivity contribution in [3.8, 4) is 27.8 Å². The molecule has 0 amide bonds. The van der Waals surface area contributed by atoms with E-state index < -0.39 is 0 Å². The molecule has 0 radical (unpaired) electrons. The molecule has 3 aromatic heterocycles. The van der Waals surface area contributed by atoms with Crippen LogP contribution in [0.1, 0.15) is 12.1 Å². The average molecular weight is 491 g/mol. The first-order valence-corrected chi connectivity index (χ1v) is 12.4. The number of nitrogens with zero attached hydrogens (tertiary/aromatic N) is 4. The molecule has 0 aliphatic carbocycles. The summed E-state index contributed by atoms with van der Waals surface area (Å²) in [5.74, 6) is 0.574. The molecule has 0 atom stereocenters. The summed E-state index contributed by atoms with van der Waals surface area (Å²) in [7, 11) is 1.64. The van der Waals surface area contributed by atoms with Crippen molar-refractivity contribution in [3.63, 3.8) is 0 Å². The Morgan fingerprint density at radius 3 is 2.39 bits per heavy atom. The molecule has 9 nitrogen and oxygen atoms in total. The van der Waals surface area contributed by atoms with E-state index in [1.54, 1.807) is 18.4 Å². The van der Waals surface area contributed by atoms with Crippen LogP contribution in [0, 0.1) is 6.92 Å². The van der Waals surface area contributed by atoms with Gasteiger partial charge in [-0.05, 0) is 39.2 Å². The number of aliphatic imine (C=N–C) groups is 1. The highest BCUT2D eigenvalue weighted by Gasteiger charge is 2.12. The number of ether oxygens (including phenoxy) is 3. The first-order valence-electron chi connectivity index (χ1n) is 10.7. The Hall–Kier alpha value is -2.28. The lowest BCUT2D eigenvalue weighted by Crippen LogP contribution is -2.37. The van der Waals surface area contributed by atoms with E-state index >= 15 is 0 Å².